The summed E-state index contributed by atoms with van der Waals surface area (Å²) in [6.07, 6.45) is 1.42. The van der Waals surface area contributed by atoms with Gasteiger partial charge < -0.3 is 10.0 Å². The summed E-state index contributed by atoms with van der Waals surface area (Å²) in [5, 5.41) is 9.59. The first-order valence-electron chi connectivity index (χ1n) is 5.32. The molecule has 1 aromatic rings. The summed E-state index contributed by atoms with van der Waals surface area (Å²) in [6.45, 7) is 6.25. The van der Waals surface area contributed by atoms with Gasteiger partial charge in [-0.3, -0.25) is 0 Å². The molecular weight excluding hydrogens is 226 g/mol. The third kappa shape index (κ3) is 2.62. The standard InChI is InChI=1S/C11H18ClN3O/c1-7(2)8(3)15(4)11-9(5-16)10(12)13-6-14-11/h6-8,16H,5H2,1-4H3. The van der Waals surface area contributed by atoms with Gasteiger partial charge in [-0.1, -0.05) is 25.4 Å². The second-order valence-electron chi connectivity index (χ2n) is 4.22. The van der Waals surface area contributed by atoms with Crippen LogP contribution in [0.1, 0.15) is 26.3 Å². The number of nitrogens with zero attached hydrogens (tertiary/aromatic N) is 3. The van der Waals surface area contributed by atoms with Crippen molar-refractivity contribution < 1.29 is 5.11 Å². The fourth-order valence-corrected chi connectivity index (χ4v) is 1.65. The third-order valence-electron chi connectivity index (χ3n) is 2.94. The maximum Gasteiger partial charge on any atom is 0.140 e. The Balaban J connectivity index is 3.08. The molecule has 1 unspecified atom stereocenters. The van der Waals surface area contributed by atoms with Gasteiger partial charge in [0.15, 0.2) is 0 Å². The number of aliphatic hydroxyl groups is 1. The second-order valence-corrected chi connectivity index (χ2v) is 4.58. The molecule has 0 aromatic carbocycles. The molecule has 0 radical (unpaired) electrons. The lowest BCUT2D eigenvalue weighted by Crippen LogP contribution is -2.34. The molecular formula is C11H18ClN3O. The Morgan fingerprint density at radius 1 is 1.38 bits per heavy atom. The third-order valence-corrected chi connectivity index (χ3v) is 3.26. The molecule has 1 atom stereocenters. The molecule has 90 valence electrons. The highest BCUT2D eigenvalue weighted by Crippen LogP contribution is 2.25. The average Bonchev–Trinajstić information content (AvgIpc) is 2.26. The van der Waals surface area contributed by atoms with Gasteiger partial charge in [0.25, 0.3) is 0 Å². The number of hydrogen-bond acceptors (Lipinski definition) is 4. The van der Waals surface area contributed by atoms with E-state index in [0.29, 0.717) is 28.5 Å². The Morgan fingerprint density at radius 3 is 2.50 bits per heavy atom. The van der Waals surface area contributed by atoms with Gasteiger partial charge >= 0.3 is 0 Å². The van der Waals surface area contributed by atoms with Crippen LogP contribution in [0.5, 0.6) is 0 Å². The molecule has 0 bridgehead atoms. The second kappa shape index (κ2) is 5.46. The van der Waals surface area contributed by atoms with Crippen molar-refractivity contribution in [1.29, 1.82) is 0 Å². The minimum atomic E-state index is -0.149. The van der Waals surface area contributed by atoms with Crippen LogP contribution in [0.15, 0.2) is 6.33 Å². The summed E-state index contributed by atoms with van der Waals surface area (Å²) in [6, 6.07) is 0.316. The zero-order chi connectivity index (χ0) is 12.3. The number of anilines is 1. The number of aliphatic hydroxyl groups excluding tert-OH is 1. The minimum absolute atomic E-state index is 0.149. The largest absolute Gasteiger partial charge is 0.391 e. The molecule has 0 spiro atoms. The van der Waals surface area contributed by atoms with Gasteiger partial charge in [-0.2, -0.15) is 0 Å². The van der Waals surface area contributed by atoms with Gasteiger partial charge in [0.2, 0.25) is 0 Å². The molecule has 0 aliphatic heterocycles. The summed E-state index contributed by atoms with van der Waals surface area (Å²) in [5.74, 6) is 1.19. The van der Waals surface area contributed by atoms with E-state index in [1.807, 2.05) is 11.9 Å². The molecule has 0 fully saturated rings. The minimum Gasteiger partial charge on any atom is -0.391 e. The van der Waals surface area contributed by atoms with Crippen LogP contribution in [0, 0.1) is 5.92 Å². The molecule has 1 N–H and O–H groups in total. The zero-order valence-electron chi connectivity index (χ0n) is 10.1. The van der Waals surface area contributed by atoms with Crippen molar-refractivity contribution in [1.82, 2.24) is 9.97 Å². The maximum absolute atomic E-state index is 9.28. The molecule has 0 amide bonds. The molecule has 1 rings (SSSR count). The van der Waals surface area contributed by atoms with Crippen LogP contribution in [-0.2, 0) is 6.61 Å². The molecule has 0 aliphatic rings. The lowest BCUT2D eigenvalue weighted by molar-refractivity contribution is 0.281. The van der Waals surface area contributed by atoms with Crippen molar-refractivity contribution in [2.75, 3.05) is 11.9 Å². The summed E-state index contributed by atoms with van der Waals surface area (Å²) >= 11 is 5.92. The summed E-state index contributed by atoms with van der Waals surface area (Å²) in [5.41, 5.74) is 0.583. The summed E-state index contributed by atoms with van der Waals surface area (Å²) in [7, 11) is 1.95. The van der Waals surface area contributed by atoms with Gasteiger partial charge in [-0.05, 0) is 12.8 Å². The lowest BCUT2D eigenvalue weighted by atomic mass is 10.0. The van der Waals surface area contributed by atoms with Gasteiger partial charge in [0.1, 0.15) is 17.3 Å². The number of aromatic nitrogens is 2. The van der Waals surface area contributed by atoms with Crippen molar-refractivity contribution in [2.24, 2.45) is 5.92 Å². The fraction of sp³-hybridized carbons (Fsp3) is 0.636. The van der Waals surface area contributed by atoms with Gasteiger partial charge in [-0.25, -0.2) is 9.97 Å². The quantitative estimate of drug-likeness (QED) is 0.823. The monoisotopic (exact) mass is 243 g/mol. The van der Waals surface area contributed by atoms with Crippen LogP contribution < -0.4 is 4.90 Å². The van der Waals surface area contributed by atoms with E-state index in [9.17, 15) is 5.11 Å². The van der Waals surface area contributed by atoms with E-state index < -0.39 is 0 Å². The van der Waals surface area contributed by atoms with E-state index in [1.54, 1.807) is 0 Å². The van der Waals surface area contributed by atoms with Crippen LogP contribution in [0.4, 0.5) is 5.82 Å². The molecule has 0 saturated heterocycles. The molecule has 16 heavy (non-hydrogen) atoms. The smallest absolute Gasteiger partial charge is 0.140 e. The van der Waals surface area contributed by atoms with Crippen molar-refractivity contribution in [2.45, 2.75) is 33.4 Å². The van der Waals surface area contributed by atoms with Crippen molar-refractivity contribution >= 4 is 17.4 Å². The van der Waals surface area contributed by atoms with E-state index in [1.165, 1.54) is 6.33 Å². The van der Waals surface area contributed by atoms with E-state index in [0.717, 1.165) is 0 Å². The van der Waals surface area contributed by atoms with Gasteiger partial charge in [-0.15, -0.1) is 0 Å². The lowest BCUT2D eigenvalue weighted by Gasteiger charge is -2.30. The first-order valence-corrected chi connectivity index (χ1v) is 5.69. The maximum atomic E-state index is 9.28. The topological polar surface area (TPSA) is 49.2 Å². The molecule has 1 aromatic heterocycles. The first-order chi connectivity index (χ1) is 7.49. The van der Waals surface area contributed by atoms with E-state index in [4.69, 9.17) is 11.6 Å². The molecule has 1 heterocycles. The van der Waals surface area contributed by atoms with Gasteiger partial charge in [0.05, 0.1) is 12.2 Å². The average molecular weight is 244 g/mol. The first kappa shape index (κ1) is 13.2. The van der Waals surface area contributed by atoms with Crippen molar-refractivity contribution in [3.8, 4) is 0 Å². The van der Waals surface area contributed by atoms with Gasteiger partial charge in [0, 0.05) is 13.1 Å². The van der Waals surface area contributed by atoms with Crippen LogP contribution in [-0.4, -0.2) is 28.2 Å². The highest BCUT2D eigenvalue weighted by Gasteiger charge is 2.19. The van der Waals surface area contributed by atoms with Crippen molar-refractivity contribution in [3.63, 3.8) is 0 Å². The Bertz CT molecular complexity index is 357. The SMILES string of the molecule is CC(C)C(C)N(C)c1ncnc(Cl)c1CO. The van der Waals surface area contributed by atoms with E-state index in [2.05, 4.69) is 30.7 Å². The van der Waals surface area contributed by atoms with E-state index in [-0.39, 0.29) is 6.61 Å². The molecule has 0 saturated carbocycles. The summed E-state index contributed by atoms with van der Waals surface area (Å²) < 4.78 is 0. The van der Waals surface area contributed by atoms with Crippen LogP contribution >= 0.6 is 11.6 Å². The Morgan fingerprint density at radius 2 is 2.00 bits per heavy atom. The Labute approximate surface area is 101 Å². The predicted molar refractivity (Wildman–Crippen MR) is 65.7 cm³/mol. The normalized spacial score (nSPS) is 12.9. The predicted octanol–water partition coefficient (Wildman–Crippen LogP) is 2.10. The van der Waals surface area contributed by atoms with Crippen LogP contribution in [0.2, 0.25) is 5.15 Å². The summed E-state index contributed by atoms with van der Waals surface area (Å²) in [4.78, 5) is 10.1. The number of hydrogen-bond donors (Lipinski definition) is 1. The number of rotatable bonds is 4. The molecule has 5 heteroatoms. The Kier molecular flexibility index (Phi) is 4.50. The zero-order valence-corrected chi connectivity index (χ0v) is 10.9. The highest BCUT2D eigenvalue weighted by atomic mass is 35.5. The fourth-order valence-electron chi connectivity index (χ4n) is 1.46. The van der Waals surface area contributed by atoms with Crippen LogP contribution in [0.3, 0.4) is 0 Å². The van der Waals surface area contributed by atoms with Crippen molar-refractivity contribution in [3.05, 3.63) is 17.0 Å². The molecule has 4 nitrogen and oxygen atoms in total. The van der Waals surface area contributed by atoms with Crippen LogP contribution in [0.25, 0.3) is 0 Å². The molecule has 0 aliphatic carbocycles. The number of halogens is 1. The highest BCUT2D eigenvalue weighted by molar-refractivity contribution is 6.30. The Hall–Kier alpha value is -0.870. The van der Waals surface area contributed by atoms with E-state index >= 15 is 0 Å².